The second-order valence-corrected chi connectivity index (χ2v) is 6.58. The van der Waals surface area contributed by atoms with Gasteiger partial charge in [0.15, 0.2) is 0 Å². The van der Waals surface area contributed by atoms with Crippen molar-refractivity contribution in [3.8, 4) is 0 Å². The molecule has 4 nitrogen and oxygen atoms in total. The lowest BCUT2D eigenvalue weighted by molar-refractivity contribution is 0.0269. The van der Waals surface area contributed by atoms with Gasteiger partial charge < -0.3 is 19.9 Å². The van der Waals surface area contributed by atoms with Crippen LogP contribution >= 0.6 is 0 Å². The Hall–Kier alpha value is -0.160. The Kier molecular flexibility index (Phi) is 7.91. The maximum atomic E-state index is 6.10. The van der Waals surface area contributed by atoms with Crippen LogP contribution in [0.3, 0.4) is 0 Å². The molecule has 114 valence electrons. The molecule has 0 radical (unpaired) electrons. The first-order chi connectivity index (χ1) is 8.97. The van der Waals surface area contributed by atoms with Crippen LogP contribution in [0.5, 0.6) is 0 Å². The fourth-order valence-corrected chi connectivity index (χ4v) is 2.41. The van der Waals surface area contributed by atoms with E-state index in [4.69, 9.17) is 4.74 Å². The first-order valence-corrected chi connectivity index (χ1v) is 7.66. The summed E-state index contributed by atoms with van der Waals surface area (Å²) in [6, 6.07) is 0. The Balaban J connectivity index is 2.10. The van der Waals surface area contributed by atoms with E-state index in [0.29, 0.717) is 12.2 Å². The van der Waals surface area contributed by atoms with Gasteiger partial charge in [-0.2, -0.15) is 0 Å². The van der Waals surface area contributed by atoms with Gasteiger partial charge in [0.25, 0.3) is 0 Å². The second kappa shape index (κ2) is 8.90. The Morgan fingerprint density at radius 1 is 1.11 bits per heavy atom. The summed E-state index contributed by atoms with van der Waals surface area (Å²) in [5, 5.41) is 3.50. The third-order valence-electron chi connectivity index (χ3n) is 3.56. The molecule has 1 heterocycles. The monoisotopic (exact) mass is 271 g/mol. The van der Waals surface area contributed by atoms with Gasteiger partial charge in [-0.05, 0) is 46.4 Å². The molecule has 1 fully saturated rings. The molecule has 0 spiro atoms. The van der Waals surface area contributed by atoms with E-state index in [0.717, 1.165) is 38.6 Å². The summed E-state index contributed by atoms with van der Waals surface area (Å²) >= 11 is 0. The van der Waals surface area contributed by atoms with Gasteiger partial charge in [0, 0.05) is 26.2 Å². The van der Waals surface area contributed by atoms with Crippen molar-refractivity contribution in [3.05, 3.63) is 0 Å². The molecule has 0 aliphatic carbocycles. The highest BCUT2D eigenvalue weighted by Gasteiger charge is 2.25. The molecule has 19 heavy (non-hydrogen) atoms. The van der Waals surface area contributed by atoms with E-state index in [9.17, 15) is 0 Å². The van der Waals surface area contributed by atoms with Crippen molar-refractivity contribution < 1.29 is 4.74 Å². The van der Waals surface area contributed by atoms with Gasteiger partial charge in [-0.15, -0.1) is 0 Å². The van der Waals surface area contributed by atoms with Gasteiger partial charge in [-0.1, -0.05) is 13.8 Å². The van der Waals surface area contributed by atoms with E-state index in [-0.39, 0.29) is 0 Å². The summed E-state index contributed by atoms with van der Waals surface area (Å²) in [4.78, 5) is 4.61. The van der Waals surface area contributed by atoms with Crippen LogP contribution in [0.25, 0.3) is 0 Å². The van der Waals surface area contributed by atoms with Crippen molar-refractivity contribution in [2.45, 2.75) is 38.9 Å². The van der Waals surface area contributed by atoms with Crippen molar-refractivity contribution in [2.24, 2.45) is 5.92 Å². The molecule has 1 N–H and O–H groups in total. The first kappa shape index (κ1) is 16.9. The maximum absolute atomic E-state index is 6.10. The topological polar surface area (TPSA) is 27.7 Å². The molecule has 0 aromatic carbocycles. The van der Waals surface area contributed by atoms with Crippen molar-refractivity contribution in [1.82, 2.24) is 15.1 Å². The molecule has 2 unspecified atom stereocenters. The molecule has 4 heteroatoms. The van der Waals surface area contributed by atoms with Gasteiger partial charge in [-0.25, -0.2) is 0 Å². The molecule has 0 amide bonds. The lowest BCUT2D eigenvalue weighted by Crippen LogP contribution is -2.35. The van der Waals surface area contributed by atoms with E-state index in [2.05, 4.69) is 50.1 Å². The fraction of sp³-hybridized carbons (Fsp3) is 1.00. The highest BCUT2D eigenvalue weighted by atomic mass is 16.5. The Bertz CT molecular complexity index is 233. The summed E-state index contributed by atoms with van der Waals surface area (Å²) in [6.45, 7) is 9.87. The normalized spacial score (nSPS) is 24.0. The van der Waals surface area contributed by atoms with Crippen LogP contribution in [0.2, 0.25) is 0 Å². The van der Waals surface area contributed by atoms with Gasteiger partial charge in [0.1, 0.15) is 0 Å². The summed E-state index contributed by atoms with van der Waals surface area (Å²) < 4.78 is 6.10. The highest BCUT2D eigenvalue weighted by molar-refractivity contribution is 4.77. The number of rotatable bonds is 9. The van der Waals surface area contributed by atoms with Gasteiger partial charge >= 0.3 is 0 Å². The van der Waals surface area contributed by atoms with Gasteiger partial charge in [0.05, 0.1) is 12.2 Å². The zero-order valence-corrected chi connectivity index (χ0v) is 13.5. The fourth-order valence-electron chi connectivity index (χ4n) is 2.41. The third kappa shape index (κ3) is 7.88. The first-order valence-electron chi connectivity index (χ1n) is 7.66. The van der Waals surface area contributed by atoms with E-state index >= 15 is 0 Å². The van der Waals surface area contributed by atoms with Crippen LogP contribution in [-0.4, -0.2) is 75.9 Å². The minimum Gasteiger partial charge on any atom is -0.372 e. The predicted molar refractivity (Wildman–Crippen MR) is 81.7 cm³/mol. The van der Waals surface area contributed by atoms with Crippen molar-refractivity contribution in [1.29, 1.82) is 0 Å². The lowest BCUT2D eigenvalue weighted by atomic mass is 10.2. The maximum Gasteiger partial charge on any atom is 0.0707 e. The second-order valence-electron chi connectivity index (χ2n) is 6.58. The molecular weight excluding hydrogens is 238 g/mol. The highest BCUT2D eigenvalue weighted by Crippen LogP contribution is 2.19. The zero-order valence-electron chi connectivity index (χ0n) is 13.5. The Labute approximate surface area is 119 Å². The summed E-state index contributed by atoms with van der Waals surface area (Å²) in [5.41, 5.74) is 0. The van der Waals surface area contributed by atoms with Crippen LogP contribution in [0.1, 0.15) is 26.7 Å². The number of nitrogens with zero attached hydrogens (tertiary/aromatic N) is 2. The molecule has 1 aliphatic rings. The summed E-state index contributed by atoms with van der Waals surface area (Å²) in [6.07, 6.45) is 3.27. The smallest absolute Gasteiger partial charge is 0.0707 e. The number of ether oxygens (including phenoxy) is 1. The van der Waals surface area contributed by atoms with Gasteiger partial charge in [0.2, 0.25) is 0 Å². The van der Waals surface area contributed by atoms with Crippen LogP contribution in [-0.2, 0) is 4.74 Å². The predicted octanol–water partition coefficient (Wildman–Crippen LogP) is 1.27. The van der Waals surface area contributed by atoms with Crippen molar-refractivity contribution in [3.63, 3.8) is 0 Å². The minimum absolute atomic E-state index is 0.422. The molecule has 0 saturated carbocycles. The van der Waals surface area contributed by atoms with Crippen LogP contribution in [0.15, 0.2) is 0 Å². The summed E-state index contributed by atoms with van der Waals surface area (Å²) in [5.74, 6) is 0.717. The largest absolute Gasteiger partial charge is 0.372 e. The number of nitrogens with one attached hydrogen (secondary N) is 1. The average Bonchev–Trinajstić information content (AvgIpc) is 2.73. The van der Waals surface area contributed by atoms with Crippen LogP contribution in [0.4, 0.5) is 0 Å². The number of likely N-dealkylation sites (N-methyl/N-ethyl adjacent to an activating group) is 2. The van der Waals surface area contributed by atoms with E-state index < -0.39 is 0 Å². The molecular formula is C15H33N3O. The molecule has 2 atom stereocenters. The standard InChI is InChI=1S/C15H33N3O/c1-13(2)10-16-11-14-6-7-15(19-14)12-18(5)9-8-17(3)4/h13-16H,6-12H2,1-5H3. The zero-order chi connectivity index (χ0) is 14.3. The Morgan fingerprint density at radius 2 is 1.79 bits per heavy atom. The molecule has 0 aromatic heterocycles. The van der Waals surface area contributed by atoms with Gasteiger partial charge in [-0.3, -0.25) is 0 Å². The lowest BCUT2D eigenvalue weighted by Gasteiger charge is -2.23. The molecule has 0 bridgehead atoms. The molecule has 0 aromatic rings. The van der Waals surface area contributed by atoms with Crippen LogP contribution in [0, 0.1) is 5.92 Å². The minimum atomic E-state index is 0.422. The average molecular weight is 271 g/mol. The number of hydrogen-bond donors (Lipinski definition) is 1. The van der Waals surface area contributed by atoms with Crippen LogP contribution < -0.4 is 5.32 Å². The van der Waals surface area contributed by atoms with E-state index in [1.54, 1.807) is 0 Å². The SMILES string of the molecule is CC(C)CNCC1CCC(CN(C)CCN(C)C)O1. The summed E-state index contributed by atoms with van der Waals surface area (Å²) in [7, 11) is 6.43. The third-order valence-corrected chi connectivity index (χ3v) is 3.56. The Morgan fingerprint density at radius 3 is 2.42 bits per heavy atom. The quantitative estimate of drug-likeness (QED) is 0.683. The van der Waals surface area contributed by atoms with Crippen molar-refractivity contribution >= 4 is 0 Å². The molecule has 1 rings (SSSR count). The molecule has 1 saturated heterocycles. The molecule has 1 aliphatic heterocycles. The number of hydrogen-bond acceptors (Lipinski definition) is 4. The van der Waals surface area contributed by atoms with E-state index in [1.807, 2.05) is 0 Å². The van der Waals surface area contributed by atoms with Crippen molar-refractivity contribution in [2.75, 3.05) is 53.9 Å². The van der Waals surface area contributed by atoms with E-state index in [1.165, 1.54) is 12.8 Å².